The largest absolute Gasteiger partial charge is 0.480 e. The van der Waals surface area contributed by atoms with Crippen molar-refractivity contribution >= 4 is 18.0 Å². The number of carbonyl (C=O) groups is 3. The highest BCUT2D eigenvalue weighted by Crippen LogP contribution is 2.34. The number of fused-ring (bicyclic) bond motifs is 2. The monoisotopic (exact) mass is 402 g/mol. The number of likely N-dealkylation sites (tertiary alicyclic amines) is 1. The van der Waals surface area contributed by atoms with Crippen LogP contribution in [0, 0.1) is 5.92 Å². The van der Waals surface area contributed by atoms with E-state index in [1.54, 1.807) is 0 Å². The van der Waals surface area contributed by atoms with Crippen LogP contribution in [0.5, 0.6) is 0 Å². The van der Waals surface area contributed by atoms with Gasteiger partial charge in [-0.15, -0.1) is 0 Å². The van der Waals surface area contributed by atoms with Gasteiger partial charge < -0.3 is 19.5 Å². The van der Waals surface area contributed by atoms with Crippen molar-refractivity contribution in [2.24, 2.45) is 5.92 Å². The lowest BCUT2D eigenvalue weighted by Gasteiger charge is -2.42. The van der Waals surface area contributed by atoms with Crippen LogP contribution in [-0.2, 0) is 25.7 Å². The molecule has 1 aromatic rings. The Hall–Kier alpha value is -2.61. The number of piperidine rings is 1. The molecule has 2 bridgehead atoms. The third-order valence-electron chi connectivity index (χ3n) is 6.14. The number of morpholine rings is 1. The van der Waals surface area contributed by atoms with E-state index in [1.807, 2.05) is 35.2 Å². The molecule has 3 fully saturated rings. The summed E-state index contributed by atoms with van der Waals surface area (Å²) in [6.07, 6.45) is 2.09. The number of nitrogens with zero attached hydrogens (tertiary/aromatic N) is 2. The number of hydrogen-bond donors (Lipinski definition) is 1. The molecular formula is C21H26N2O6. The first-order chi connectivity index (χ1) is 14.1. The smallest absolute Gasteiger partial charge is 0.410 e. The van der Waals surface area contributed by atoms with Crippen LogP contribution in [0.15, 0.2) is 30.3 Å². The van der Waals surface area contributed by atoms with Gasteiger partial charge in [-0.3, -0.25) is 9.69 Å². The predicted octanol–water partition coefficient (Wildman–Crippen LogP) is 1.88. The van der Waals surface area contributed by atoms with Gasteiger partial charge in [0.15, 0.2) is 0 Å². The van der Waals surface area contributed by atoms with Gasteiger partial charge in [0.25, 0.3) is 0 Å². The van der Waals surface area contributed by atoms with E-state index >= 15 is 0 Å². The SMILES string of the molecule is O=C(O)[C@H]1[C@@H](C(=O)N2C3CCC2COC3)CCCN1C(=O)OCc1ccccc1. The number of amides is 2. The number of hydrogen-bond acceptors (Lipinski definition) is 5. The molecule has 3 aliphatic heterocycles. The zero-order chi connectivity index (χ0) is 20.4. The second kappa shape index (κ2) is 8.41. The standard InChI is InChI=1S/C21H26N2O6/c24-19(23-15-8-9-16(23)13-28-12-15)17-7-4-10-22(18(17)20(25)26)21(27)29-11-14-5-2-1-3-6-14/h1-3,5-6,15-18H,4,7-13H2,(H,25,26)/t15?,16?,17-,18+/m0/s1. The Morgan fingerprint density at radius 3 is 2.41 bits per heavy atom. The van der Waals surface area contributed by atoms with Gasteiger partial charge in [0.1, 0.15) is 12.6 Å². The summed E-state index contributed by atoms with van der Waals surface area (Å²) in [5, 5.41) is 9.86. The lowest BCUT2D eigenvalue weighted by molar-refractivity contribution is -0.158. The van der Waals surface area contributed by atoms with Gasteiger partial charge in [-0.1, -0.05) is 30.3 Å². The summed E-state index contributed by atoms with van der Waals surface area (Å²) in [4.78, 5) is 41.1. The van der Waals surface area contributed by atoms with E-state index in [0.717, 1.165) is 18.4 Å². The summed E-state index contributed by atoms with van der Waals surface area (Å²) >= 11 is 0. The maximum absolute atomic E-state index is 13.3. The fourth-order valence-electron chi connectivity index (χ4n) is 4.75. The fourth-order valence-corrected chi connectivity index (χ4v) is 4.75. The summed E-state index contributed by atoms with van der Waals surface area (Å²) in [6, 6.07) is 8.03. The molecule has 1 aromatic carbocycles. The normalized spacial score (nSPS) is 28.8. The maximum atomic E-state index is 13.3. The van der Waals surface area contributed by atoms with E-state index in [-0.39, 0.29) is 31.1 Å². The molecule has 156 valence electrons. The van der Waals surface area contributed by atoms with Crippen LogP contribution >= 0.6 is 0 Å². The summed E-state index contributed by atoms with van der Waals surface area (Å²) in [5.74, 6) is -2.10. The van der Waals surface area contributed by atoms with Crippen molar-refractivity contribution in [3.8, 4) is 0 Å². The molecule has 4 atom stereocenters. The van der Waals surface area contributed by atoms with Gasteiger partial charge in [-0.25, -0.2) is 9.59 Å². The number of carboxylic acids is 1. The molecule has 3 aliphatic rings. The molecule has 0 spiro atoms. The van der Waals surface area contributed by atoms with Crippen molar-refractivity contribution in [3.63, 3.8) is 0 Å². The number of rotatable bonds is 4. The van der Waals surface area contributed by atoms with E-state index in [9.17, 15) is 19.5 Å². The van der Waals surface area contributed by atoms with Crippen molar-refractivity contribution in [2.75, 3.05) is 19.8 Å². The highest BCUT2D eigenvalue weighted by Gasteiger charge is 2.49. The number of carbonyl (C=O) groups excluding carboxylic acids is 2. The Morgan fingerprint density at radius 2 is 1.76 bits per heavy atom. The summed E-state index contributed by atoms with van der Waals surface area (Å²) < 4.78 is 10.9. The van der Waals surface area contributed by atoms with E-state index in [1.165, 1.54) is 4.90 Å². The van der Waals surface area contributed by atoms with Crippen molar-refractivity contribution in [1.82, 2.24) is 9.80 Å². The van der Waals surface area contributed by atoms with Crippen LogP contribution in [0.2, 0.25) is 0 Å². The summed E-state index contributed by atoms with van der Waals surface area (Å²) in [5.41, 5.74) is 0.822. The van der Waals surface area contributed by atoms with Crippen molar-refractivity contribution in [3.05, 3.63) is 35.9 Å². The Kier molecular flexibility index (Phi) is 5.71. The minimum Gasteiger partial charge on any atom is -0.480 e. The summed E-state index contributed by atoms with van der Waals surface area (Å²) in [6.45, 7) is 1.32. The summed E-state index contributed by atoms with van der Waals surface area (Å²) in [7, 11) is 0. The van der Waals surface area contributed by atoms with Crippen LogP contribution < -0.4 is 0 Å². The third kappa shape index (κ3) is 3.94. The molecule has 8 nitrogen and oxygen atoms in total. The van der Waals surface area contributed by atoms with Gasteiger partial charge >= 0.3 is 12.1 Å². The van der Waals surface area contributed by atoms with Gasteiger partial charge in [-0.05, 0) is 31.2 Å². The van der Waals surface area contributed by atoms with Crippen LogP contribution in [0.1, 0.15) is 31.2 Å². The molecule has 3 heterocycles. The van der Waals surface area contributed by atoms with E-state index in [0.29, 0.717) is 26.1 Å². The average molecular weight is 402 g/mol. The van der Waals surface area contributed by atoms with Gasteiger partial charge in [0.2, 0.25) is 5.91 Å². The molecular weight excluding hydrogens is 376 g/mol. The first-order valence-electron chi connectivity index (χ1n) is 10.2. The first kappa shape index (κ1) is 19.7. The van der Waals surface area contributed by atoms with Crippen LogP contribution in [0.4, 0.5) is 4.79 Å². The zero-order valence-electron chi connectivity index (χ0n) is 16.2. The maximum Gasteiger partial charge on any atom is 0.410 e. The number of benzene rings is 1. The number of carboxylic acid groups (broad SMARTS) is 1. The molecule has 0 aromatic heterocycles. The predicted molar refractivity (Wildman–Crippen MR) is 102 cm³/mol. The van der Waals surface area contributed by atoms with E-state index in [2.05, 4.69) is 0 Å². The zero-order valence-corrected chi connectivity index (χ0v) is 16.2. The highest BCUT2D eigenvalue weighted by molar-refractivity contribution is 5.90. The number of aliphatic carboxylic acids is 1. The second-order valence-corrected chi connectivity index (χ2v) is 7.93. The molecule has 1 N–H and O–H groups in total. The topological polar surface area (TPSA) is 96.4 Å². The first-order valence-corrected chi connectivity index (χ1v) is 10.2. The van der Waals surface area contributed by atoms with Crippen LogP contribution in [-0.4, -0.2) is 70.8 Å². The minimum atomic E-state index is -1.21. The van der Waals surface area contributed by atoms with Crippen molar-refractivity contribution < 1.29 is 29.0 Å². The molecule has 8 heteroatoms. The Morgan fingerprint density at radius 1 is 1.07 bits per heavy atom. The Labute approximate surface area is 169 Å². The fraction of sp³-hybridized carbons (Fsp3) is 0.571. The molecule has 2 amide bonds. The highest BCUT2D eigenvalue weighted by atomic mass is 16.6. The minimum absolute atomic E-state index is 0.0103. The van der Waals surface area contributed by atoms with Crippen LogP contribution in [0.3, 0.4) is 0 Å². The van der Waals surface area contributed by atoms with Gasteiger partial charge in [-0.2, -0.15) is 0 Å². The van der Waals surface area contributed by atoms with Crippen LogP contribution in [0.25, 0.3) is 0 Å². The Balaban J connectivity index is 1.48. The average Bonchev–Trinajstić information content (AvgIpc) is 2.99. The van der Waals surface area contributed by atoms with E-state index in [4.69, 9.17) is 9.47 Å². The molecule has 2 unspecified atom stereocenters. The quantitative estimate of drug-likeness (QED) is 0.826. The molecule has 29 heavy (non-hydrogen) atoms. The van der Waals surface area contributed by atoms with Crippen molar-refractivity contribution in [1.29, 1.82) is 0 Å². The molecule has 3 saturated heterocycles. The van der Waals surface area contributed by atoms with Gasteiger partial charge in [0, 0.05) is 6.54 Å². The third-order valence-corrected chi connectivity index (χ3v) is 6.14. The van der Waals surface area contributed by atoms with Crippen molar-refractivity contribution in [2.45, 2.75) is 50.4 Å². The molecule has 0 radical (unpaired) electrons. The van der Waals surface area contributed by atoms with Gasteiger partial charge in [0.05, 0.1) is 31.2 Å². The molecule has 0 aliphatic carbocycles. The lowest BCUT2D eigenvalue weighted by atomic mass is 9.87. The molecule has 0 saturated carbocycles. The van der Waals surface area contributed by atoms with E-state index < -0.39 is 24.0 Å². The second-order valence-electron chi connectivity index (χ2n) is 7.93. The molecule has 4 rings (SSSR count). The lowest BCUT2D eigenvalue weighted by Crippen LogP contribution is -2.59. The Bertz CT molecular complexity index is 754. The number of ether oxygens (including phenoxy) is 2.